The monoisotopic (exact) mass is 1070 g/mol. The molecule has 12 nitrogen and oxygen atoms in total. The second-order valence-corrected chi connectivity index (χ2v) is 20.7. The fraction of sp³-hybridized carbons (Fsp3) is 0.101. The van der Waals surface area contributed by atoms with E-state index in [0.29, 0.717) is 63.5 Å². The van der Waals surface area contributed by atoms with Crippen LogP contribution in [0.3, 0.4) is 0 Å². The number of nitrogens with one attached hydrogen (secondary N) is 4. The van der Waals surface area contributed by atoms with E-state index in [0.717, 1.165) is 56.4 Å². The Balaban J connectivity index is 0.630. The van der Waals surface area contributed by atoms with E-state index in [1.165, 1.54) is 0 Å². The number of nitrogens with two attached hydrogens (primary N) is 2. The van der Waals surface area contributed by atoms with Crippen molar-refractivity contribution in [3.8, 4) is 46.0 Å². The Morgan fingerprint density at radius 2 is 0.481 bits per heavy atom. The summed E-state index contributed by atoms with van der Waals surface area (Å²) < 4.78 is 24.3. The van der Waals surface area contributed by atoms with Gasteiger partial charge in [0.05, 0.1) is 0 Å². The molecule has 0 atom stereocenters. The first-order valence-corrected chi connectivity index (χ1v) is 26.5. The summed E-state index contributed by atoms with van der Waals surface area (Å²) in [6.45, 7) is 8.75. The van der Waals surface area contributed by atoms with Gasteiger partial charge < -0.3 is 51.7 Å². The lowest BCUT2D eigenvalue weighted by Crippen LogP contribution is -2.19. The number of nitrogen functional groups attached to an aromatic ring is 2. The van der Waals surface area contributed by atoms with E-state index in [4.69, 9.17) is 30.4 Å². The Morgan fingerprint density at radius 1 is 0.296 bits per heavy atom. The second-order valence-electron chi connectivity index (χ2n) is 20.7. The van der Waals surface area contributed by atoms with Gasteiger partial charge in [-0.1, -0.05) is 100 Å². The lowest BCUT2D eigenvalue weighted by atomic mass is 9.78. The highest BCUT2D eigenvalue weighted by atomic mass is 16.5. The summed E-state index contributed by atoms with van der Waals surface area (Å²) in [7, 11) is 0. The molecule has 4 amide bonds. The number of carbonyl (C=O) groups excluding carboxylic acids is 2. The molecule has 0 saturated carbocycles. The van der Waals surface area contributed by atoms with Crippen LogP contribution in [0.25, 0.3) is 0 Å². The summed E-state index contributed by atoms with van der Waals surface area (Å²) in [6, 6.07) is 76.2. The zero-order chi connectivity index (χ0) is 56.3. The molecule has 0 aliphatic rings. The van der Waals surface area contributed by atoms with Crippen LogP contribution in [0.1, 0.15) is 61.1 Å². The molecule has 10 rings (SSSR count). The Bertz CT molecular complexity index is 3450. The Morgan fingerprint density at radius 3 is 0.704 bits per heavy atom. The van der Waals surface area contributed by atoms with Gasteiger partial charge in [-0.15, -0.1) is 0 Å². The average molecular weight is 1070 g/mol. The van der Waals surface area contributed by atoms with Crippen molar-refractivity contribution < 1.29 is 28.5 Å². The lowest BCUT2D eigenvalue weighted by Gasteiger charge is -2.26. The maximum absolute atomic E-state index is 12.9. The molecule has 81 heavy (non-hydrogen) atoms. The molecule has 0 fully saturated rings. The molecular weight excluding hydrogens is 1010 g/mol. The molecule has 0 aliphatic carbocycles. The minimum absolute atomic E-state index is 0.259. The van der Waals surface area contributed by atoms with Gasteiger partial charge in [0.15, 0.2) is 0 Å². The second kappa shape index (κ2) is 24.1. The Hall–Kier alpha value is -10.5. The first kappa shape index (κ1) is 53.9. The molecule has 8 N–H and O–H groups in total. The predicted octanol–water partition coefficient (Wildman–Crippen LogP) is 17.6. The van der Waals surface area contributed by atoms with Gasteiger partial charge in [-0.25, -0.2) is 9.59 Å². The molecule has 0 bridgehead atoms. The van der Waals surface area contributed by atoms with Crippen LogP contribution in [0.15, 0.2) is 243 Å². The molecule has 404 valence electrons. The van der Waals surface area contributed by atoms with Gasteiger partial charge in [-0.3, -0.25) is 0 Å². The molecule has 12 heteroatoms. The van der Waals surface area contributed by atoms with E-state index in [-0.39, 0.29) is 22.9 Å². The van der Waals surface area contributed by atoms with E-state index < -0.39 is 0 Å². The number of amides is 4. The van der Waals surface area contributed by atoms with Crippen molar-refractivity contribution in [3.63, 3.8) is 0 Å². The Labute approximate surface area is 472 Å². The standard InChI is InChI=1S/C69H62N6O6/c1-68(2,48-9-29-58(30-10-48)78-62-37-17-52(70)18-38-62)50-13-33-60(34-14-50)80-64-41-25-56(26-42-64)74-66(76)72-54-21-5-46(6-22-54)45-47-7-23-55(24-8-47)73-67(77)75-57-27-43-65(44-28-57)81-61-35-15-51(16-36-61)69(3,4)49-11-31-59(32-12-49)79-63-39-19-53(71)20-40-63/h5-44H,45,70-71H2,1-4H3,(H2,72,74,76)(H2,73,75,77). The van der Waals surface area contributed by atoms with Crippen LogP contribution in [0.2, 0.25) is 0 Å². The highest BCUT2D eigenvalue weighted by Crippen LogP contribution is 2.37. The van der Waals surface area contributed by atoms with Crippen LogP contribution in [-0.4, -0.2) is 12.1 Å². The minimum Gasteiger partial charge on any atom is -0.457 e. The average Bonchev–Trinajstić information content (AvgIpc) is 3.50. The smallest absolute Gasteiger partial charge is 0.323 e. The van der Waals surface area contributed by atoms with Crippen molar-refractivity contribution >= 4 is 46.2 Å². The summed E-state index contributed by atoms with van der Waals surface area (Å²) in [4.78, 5) is 25.9. The van der Waals surface area contributed by atoms with Crippen LogP contribution in [0.5, 0.6) is 46.0 Å². The highest BCUT2D eigenvalue weighted by molar-refractivity contribution is 6.00. The van der Waals surface area contributed by atoms with Gasteiger partial charge in [0.1, 0.15) is 46.0 Å². The van der Waals surface area contributed by atoms with Gasteiger partial charge >= 0.3 is 12.1 Å². The number of rotatable bonds is 18. The van der Waals surface area contributed by atoms with Gasteiger partial charge in [0.2, 0.25) is 0 Å². The highest BCUT2D eigenvalue weighted by Gasteiger charge is 2.25. The van der Waals surface area contributed by atoms with E-state index in [2.05, 4.69) is 97.5 Å². The van der Waals surface area contributed by atoms with E-state index in [1.807, 2.05) is 170 Å². The molecule has 0 heterocycles. The number of hydrogen-bond acceptors (Lipinski definition) is 8. The van der Waals surface area contributed by atoms with Crippen molar-refractivity contribution in [1.29, 1.82) is 0 Å². The van der Waals surface area contributed by atoms with Crippen molar-refractivity contribution in [1.82, 2.24) is 0 Å². The van der Waals surface area contributed by atoms with Crippen LogP contribution in [-0.2, 0) is 17.3 Å². The first-order chi connectivity index (χ1) is 39.1. The molecule has 0 unspecified atom stereocenters. The van der Waals surface area contributed by atoms with E-state index in [9.17, 15) is 9.59 Å². The molecule has 0 spiro atoms. The molecule has 0 radical (unpaired) electrons. The molecular formula is C69H62N6O6. The van der Waals surface area contributed by atoms with Crippen LogP contribution in [0, 0.1) is 0 Å². The third-order valence-electron chi connectivity index (χ3n) is 14.1. The molecule has 0 aliphatic heterocycles. The number of ether oxygens (including phenoxy) is 4. The van der Waals surface area contributed by atoms with Gasteiger partial charge in [-0.2, -0.15) is 0 Å². The van der Waals surface area contributed by atoms with Gasteiger partial charge in [0, 0.05) is 45.0 Å². The molecule has 10 aromatic rings. The maximum atomic E-state index is 12.9. The number of hydrogen-bond donors (Lipinski definition) is 6. The third-order valence-corrected chi connectivity index (χ3v) is 14.1. The SMILES string of the molecule is CC(C)(c1ccc(Oc2ccc(N)cc2)cc1)c1ccc(Oc2ccc(NC(=O)Nc3ccc(Cc4ccc(NC(=O)Nc5ccc(Oc6ccc(C(C)(C)c7ccc(Oc8ccc(N)cc8)cc7)cc6)cc5)cc4)cc3)cc2)cc1. The van der Waals surface area contributed by atoms with Crippen molar-refractivity contribution in [2.75, 3.05) is 32.7 Å². The summed E-state index contributed by atoms with van der Waals surface area (Å²) in [5.74, 6) is 5.65. The van der Waals surface area contributed by atoms with Gasteiger partial charge in [0.25, 0.3) is 0 Å². The third kappa shape index (κ3) is 14.2. The zero-order valence-electron chi connectivity index (χ0n) is 45.4. The fourth-order valence-electron chi connectivity index (χ4n) is 9.16. The fourth-order valence-corrected chi connectivity index (χ4v) is 9.16. The van der Waals surface area contributed by atoms with E-state index in [1.54, 1.807) is 24.3 Å². The lowest BCUT2D eigenvalue weighted by molar-refractivity contribution is 0.261. The van der Waals surface area contributed by atoms with Crippen molar-refractivity contribution in [2.24, 2.45) is 0 Å². The Kier molecular flexibility index (Phi) is 16.0. The number of urea groups is 2. The van der Waals surface area contributed by atoms with Crippen LogP contribution in [0.4, 0.5) is 43.7 Å². The first-order valence-electron chi connectivity index (χ1n) is 26.5. The minimum atomic E-state index is -0.364. The number of anilines is 6. The van der Waals surface area contributed by atoms with Crippen LogP contribution >= 0.6 is 0 Å². The van der Waals surface area contributed by atoms with Crippen molar-refractivity contribution in [2.45, 2.75) is 44.9 Å². The van der Waals surface area contributed by atoms with Crippen LogP contribution < -0.4 is 51.7 Å². The summed E-state index contributed by atoms with van der Waals surface area (Å²) >= 11 is 0. The largest absolute Gasteiger partial charge is 0.457 e. The number of carbonyl (C=O) groups is 2. The zero-order valence-corrected chi connectivity index (χ0v) is 45.4. The van der Waals surface area contributed by atoms with Crippen molar-refractivity contribution in [3.05, 3.63) is 276 Å². The molecule has 0 aromatic heterocycles. The maximum Gasteiger partial charge on any atom is 0.323 e. The number of benzene rings is 10. The van der Waals surface area contributed by atoms with E-state index >= 15 is 0 Å². The normalized spacial score (nSPS) is 11.2. The summed E-state index contributed by atoms with van der Waals surface area (Å²) in [6.07, 6.45) is 0.668. The summed E-state index contributed by atoms with van der Waals surface area (Å²) in [5.41, 5.74) is 21.7. The molecule has 10 aromatic carbocycles. The quantitative estimate of drug-likeness (QED) is 0.0461. The predicted molar refractivity (Wildman–Crippen MR) is 326 cm³/mol. The molecule has 0 saturated heterocycles. The topological polar surface area (TPSA) is 171 Å². The van der Waals surface area contributed by atoms with Gasteiger partial charge in [-0.05, 0) is 210 Å². The summed E-state index contributed by atoms with van der Waals surface area (Å²) in [5, 5.41) is 11.6.